The zero-order valence-corrected chi connectivity index (χ0v) is 10.6. The molecular formula is C12H18ClN3. The third-order valence-corrected chi connectivity index (χ3v) is 3.34. The fourth-order valence-electron chi connectivity index (χ4n) is 2.11. The average Bonchev–Trinajstić information content (AvgIpc) is 2.30. The van der Waals surface area contributed by atoms with Gasteiger partial charge in [-0.3, -0.25) is 4.98 Å². The van der Waals surface area contributed by atoms with E-state index in [4.69, 9.17) is 11.6 Å². The molecule has 2 rings (SSSR count). The van der Waals surface area contributed by atoms with Crippen LogP contribution in [0.5, 0.6) is 0 Å². The van der Waals surface area contributed by atoms with Gasteiger partial charge >= 0.3 is 0 Å². The molecule has 88 valence electrons. The van der Waals surface area contributed by atoms with Crippen molar-refractivity contribution >= 4 is 17.3 Å². The third kappa shape index (κ3) is 2.47. The van der Waals surface area contributed by atoms with Crippen molar-refractivity contribution in [3.8, 4) is 0 Å². The predicted molar refractivity (Wildman–Crippen MR) is 68.4 cm³/mol. The van der Waals surface area contributed by atoms with Gasteiger partial charge < -0.3 is 10.2 Å². The Labute approximate surface area is 102 Å². The smallest absolute Gasteiger partial charge is 0.0822 e. The Hall–Kier alpha value is -0.800. The average molecular weight is 240 g/mol. The monoisotopic (exact) mass is 239 g/mol. The van der Waals surface area contributed by atoms with Crippen LogP contribution in [0.25, 0.3) is 0 Å². The molecule has 16 heavy (non-hydrogen) atoms. The van der Waals surface area contributed by atoms with E-state index >= 15 is 0 Å². The molecule has 4 heteroatoms. The van der Waals surface area contributed by atoms with Crippen LogP contribution in [0.3, 0.4) is 0 Å². The van der Waals surface area contributed by atoms with Crippen molar-refractivity contribution in [2.45, 2.75) is 18.8 Å². The highest BCUT2D eigenvalue weighted by atomic mass is 35.5. The Morgan fingerprint density at radius 2 is 2.31 bits per heavy atom. The predicted octanol–water partition coefficient (Wildman–Crippen LogP) is 2.27. The van der Waals surface area contributed by atoms with Gasteiger partial charge in [0.1, 0.15) is 0 Å². The van der Waals surface area contributed by atoms with Crippen molar-refractivity contribution in [2.24, 2.45) is 0 Å². The van der Waals surface area contributed by atoms with E-state index in [-0.39, 0.29) is 0 Å². The second-order valence-electron chi connectivity index (χ2n) is 4.50. The number of halogens is 1. The second kappa shape index (κ2) is 5.02. The maximum Gasteiger partial charge on any atom is 0.0822 e. The zero-order valence-electron chi connectivity index (χ0n) is 9.83. The van der Waals surface area contributed by atoms with Crippen LogP contribution in [0.2, 0.25) is 5.02 Å². The molecule has 0 amide bonds. The number of nitrogens with one attached hydrogen (secondary N) is 1. The van der Waals surface area contributed by atoms with Crippen molar-refractivity contribution in [2.75, 3.05) is 32.1 Å². The van der Waals surface area contributed by atoms with Crippen LogP contribution in [0.4, 0.5) is 5.69 Å². The number of hydrogen-bond donors (Lipinski definition) is 1. The van der Waals surface area contributed by atoms with E-state index in [9.17, 15) is 0 Å². The summed E-state index contributed by atoms with van der Waals surface area (Å²) in [6.07, 6.45) is 4.21. The number of hydrogen-bond acceptors (Lipinski definition) is 3. The summed E-state index contributed by atoms with van der Waals surface area (Å²) in [6.45, 7) is 2.16. The van der Waals surface area contributed by atoms with E-state index in [2.05, 4.69) is 16.4 Å². The summed E-state index contributed by atoms with van der Waals surface area (Å²) < 4.78 is 0. The lowest BCUT2D eigenvalue weighted by Crippen LogP contribution is -2.29. The molecule has 0 bridgehead atoms. The van der Waals surface area contributed by atoms with E-state index in [1.54, 1.807) is 6.20 Å². The summed E-state index contributed by atoms with van der Waals surface area (Å²) in [6, 6.07) is 2.11. The van der Waals surface area contributed by atoms with E-state index in [0.717, 1.165) is 29.5 Å². The Balaban J connectivity index is 2.24. The van der Waals surface area contributed by atoms with Crippen LogP contribution in [-0.2, 0) is 0 Å². The minimum absolute atomic E-state index is 0.532. The summed E-state index contributed by atoms with van der Waals surface area (Å²) in [5, 5.41) is 4.13. The largest absolute Gasteiger partial charge is 0.376 e. The van der Waals surface area contributed by atoms with Crippen LogP contribution < -0.4 is 10.2 Å². The lowest BCUT2D eigenvalue weighted by Gasteiger charge is -2.24. The number of anilines is 1. The maximum atomic E-state index is 6.11. The first kappa shape index (κ1) is 11.7. The molecule has 3 nitrogen and oxygen atoms in total. The standard InChI is InChI=1S/C12H18ClN3/c1-16(2)12-6-11(15-8-10(12)13)9-4-3-5-14-7-9/h6,8-9,14H,3-5,7H2,1-2H3. The van der Waals surface area contributed by atoms with Gasteiger partial charge in [0.2, 0.25) is 0 Å². The minimum atomic E-state index is 0.532. The molecule has 0 saturated carbocycles. The quantitative estimate of drug-likeness (QED) is 0.858. The van der Waals surface area contributed by atoms with Gasteiger partial charge in [0.05, 0.1) is 10.7 Å². The van der Waals surface area contributed by atoms with Crippen molar-refractivity contribution in [1.29, 1.82) is 0 Å². The highest BCUT2D eigenvalue weighted by Crippen LogP contribution is 2.29. The number of piperidine rings is 1. The molecule has 0 aromatic carbocycles. The summed E-state index contributed by atoms with van der Waals surface area (Å²) >= 11 is 6.11. The Morgan fingerprint density at radius 3 is 2.94 bits per heavy atom. The summed E-state index contributed by atoms with van der Waals surface area (Å²) in [5.41, 5.74) is 2.21. The normalized spacial score (nSPS) is 20.8. The molecule has 2 heterocycles. The molecular weight excluding hydrogens is 222 g/mol. The number of rotatable bonds is 2. The van der Waals surface area contributed by atoms with Gasteiger partial charge in [0.15, 0.2) is 0 Å². The highest BCUT2D eigenvalue weighted by Gasteiger charge is 2.17. The number of aromatic nitrogens is 1. The van der Waals surface area contributed by atoms with Crippen LogP contribution >= 0.6 is 11.6 Å². The van der Waals surface area contributed by atoms with Crippen molar-refractivity contribution < 1.29 is 0 Å². The third-order valence-electron chi connectivity index (χ3n) is 3.05. The first-order chi connectivity index (χ1) is 7.68. The van der Waals surface area contributed by atoms with E-state index < -0.39 is 0 Å². The van der Waals surface area contributed by atoms with Gasteiger partial charge in [0.25, 0.3) is 0 Å². The Bertz CT molecular complexity index is 359. The summed E-state index contributed by atoms with van der Waals surface area (Å²) in [7, 11) is 4.01. The first-order valence-corrected chi connectivity index (χ1v) is 6.10. The van der Waals surface area contributed by atoms with Crippen molar-refractivity contribution in [1.82, 2.24) is 10.3 Å². The van der Waals surface area contributed by atoms with E-state index in [1.807, 2.05) is 19.0 Å². The van der Waals surface area contributed by atoms with Gasteiger partial charge in [-0.2, -0.15) is 0 Å². The van der Waals surface area contributed by atoms with Crippen LogP contribution in [-0.4, -0.2) is 32.2 Å². The Morgan fingerprint density at radius 1 is 1.50 bits per heavy atom. The summed E-state index contributed by atoms with van der Waals surface area (Å²) in [4.78, 5) is 6.48. The van der Waals surface area contributed by atoms with Crippen LogP contribution in [0.1, 0.15) is 24.5 Å². The molecule has 1 aliphatic rings. The van der Waals surface area contributed by atoms with Crippen molar-refractivity contribution in [3.63, 3.8) is 0 Å². The number of pyridine rings is 1. The molecule has 1 aliphatic heterocycles. The SMILES string of the molecule is CN(C)c1cc(C2CCCNC2)ncc1Cl. The molecule has 1 N–H and O–H groups in total. The van der Waals surface area contributed by atoms with E-state index in [1.165, 1.54) is 12.8 Å². The van der Waals surface area contributed by atoms with Gasteiger partial charge in [-0.1, -0.05) is 11.6 Å². The van der Waals surface area contributed by atoms with Gasteiger partial charge in [0, 0.05) is 38.4 Å². The molecule has 0 aliphatic carbocycles. The lowest BCUT2D eigenvalue weighted by atomic mass is 9.95. The van der Waals surface area contributed by atoms with Gasteiger partial charge in [-0.15, -0.1) is 0 Å². The van der Waals surface area contributed by atoms with Crippen molar-refractivity contribution in [3.05, 3.63) is 23.0 Å². The van der Waals surface area contributed by atoms with Crippen LogP contribution in [0, 0.1) is 0 Å². The molecule has 1 saturated heterocycles. The van der Waals surface area contributed by atoms with Crippen LogP contribution in [0.15, 0.2) is 12.3 Å². The molecule has 0 spiro atoms. The Kier molecular flexibility index (Phi) is 3.66. The maximum absolute atomic E-state index is 6.11. The first-order valence-electron chi connectivity index (χ1n) is 5.72. The molecule has 1 fully saturated rings. The lowest BCUT2D eigenvalue weighted by molar-refractivity contribution is 0.455. The summed E-state index contributed by atoms with van der Waals surface area (Å²) in [5.74, 6) is 0.532. The van der Waals surface area contributed by atoms with Gasteiger partial charge in [-0.25, -0.2) is 0 Å². The topological polar surface area (TPSA) is 28.2 Å². The molecule has 1 aromatic heterocycles. The molecule has 1 atom stereocenters. The highest BCUT2D eigenvalue weighted by molar-refractivity contribution is 6.33. The fourth-order valence-corrected chi connectivity index (χ4v) is 2.39. The fraction of sp³-hybridized carbons (Fsp3) is 0.583. The van der Waals surface area contributed by atoms with E-state index in [0.29, 0.717) is 5.92 Å². The number of nitrogens with zero attached hydrogens (tertiary/aromatic N) is 2. The van der Waals surface area contributed by atoms with Gasteiger partial charge in [-0.05, 0) is 25.5 Å². The second-order valence-corrected chi connectivity index (χ2v) is 4.91. The molecule has 1 unspecified atom stereocenters. The molecule has 0 radical (unpaired) electrons. The molecule has 1 aromatic rings. The minimum Gasteiger partial charge on any atom is -0.376 e. The zero-order chi connectivity index (χ0) is 11.5.